The van der Waals surface area contributed by atoms with Crippen LogP contribution in [0.2, 0.25) is 0 Å². The van der Waals surface area contributed by atoms with Crippen molar-refractivity contribution in [3.63, 3.8) is 0 Å². The molecule has 0 atom stereocenters. The first kappa shape index (κ1) is 20.5. The average molecular weight is 443 g/mol. The first-order valence-corrected chi connectivity index (χ1v) is 11.1. The summed E-state index contributed by atoms with van der Waals surface area (Å²) >= 11 is 2.96. The van der Waals surface area contributed by atoms with Crippen LogP contribution in [0.25, 0.3) is 10.2 Å². The number of hydrogen-bond donors (Lipinski definition) is 0. The smallest absolute Gasteiger partial charge is 0.270 e. The van der Waals surface area contributed by atoms with Crippen LogP contribution in [0.4, 0.5) is 11.4 Å². The number of nitro benzene ring substituents is 1. The first-order valence-electron chi connectivity index (χ1n) is 9.26. The number of morpholine rings is 1. The number of aliphatic imine (C=N–C) groups is 1. The first-order chi connectivity index (χ1) is 14.6. The molecule has 1 aromatic heterocycles. The second-order valence-corrected chi connectivity index (χ2v) is 8.78. The van der Waals surface area contributed by atoms with E-state index in [2.05, 4.69) is 9.98 Å². The quantitative estimate of drug-likeness (QED) is 0.248. The second-order valence-electron chi connectivity index (χ2n) is 6.52. The highest BCUT2D eigenvalue weighted by molar-refractivity contribution is 8.01. The second kappa shape index (κ2) is 9.33. The summed E-state index contributed by atoms with van der Waals surface area (Å²) in [6.07, 6.45) is 1.60. The van der Waals surface area contributed by atoms with E-state index in [9.17, 15) is 14.9 Å². The SMILES string of the molecule is O=C(CSc1nc2ccc(N=Cc3cccc([N+](=O)[O-])c3)cc2s1)N1CCOCC1. The predicted octanol–water partition coefficient (Wildman–Crippen LogP) is 3.91. The zero-order chi connectivity index (χ0) is 20.9. The van der Waals surface area contributed by atoms with Gasteiger partial charge in [0.2, 0.25) is 5.91 Å². The Labute approximate surface area is 180 Å². The van der Waals surface area contributed by atoms with Gasteiger partial charge < -0.3 is 9.64 Å². The number of carbonyl (C=O) groups excluding carboxylic acids is 1. The van der Waals surface area contributed by atoms with Crippen LogP contribution in [0.5, 0.6) is 0 Å². The molecule has 0 unspecified atom stereocenters. The van der Waals surface area contributed by atoms with Crippen LogP contribution in [0.15, 0.2) is 51.8 Å². The number of hydrogen-bond acceptors (Lipinski definition) is 8. The summed E-state index contributed by atoms with van der Waals surface area (Å²) < 4.78 is 7.09. The molecule has 1 saturated heterocycles. The van der Waals surface area contributed by atoms with Crippen molar-refractivity contribution in [3.8, 4) is 0 Å². The molecule has 30 heavy (non-hydrogen) atoms. The summed E-state index contributed by atoms with van der Waals surface area (Å²) in [6, 6.07) is 12.0. The maximum atomic E-state index is 12.3. The summed E-state index contributed by atoms with van der Waals surface area (Å²) in [6.45, 7) is 2.48. The van der Waals surface area contributed by atoms with Crippen molar-refractivity contribution in [1.29, 1.82) is 0 Å². The predicted molar refractivity (Wildman–Crippen MR) is 118 cm³/mol. The van der Waals surface area contributed by atoms with Crippen molar-refractivity contribution in [2.24, 2.45) is 4.99 Å². The van der Waals surface area contributed by atoms with Gasteiger partial charge in [0.1, 0.15) is 0 Å². The van der Waals surface area contributed by atoms with Crippen molar-refractivity contribution in [1.82, 2.24) is 9.88 Å². The van der Waals surface area contributed by atoms with Gasteiger partial charge in [0, 0.05) is 31.4 Å². The molecule has 1 aliphatic rings. The molecule has 8 nitrogen and oxygen atoms in total. The third-order valence-electron chi connectivity index (χ3n) is 4.48. The number of thioether (sulfide) groups is 1. The fraction of sp³-hybridized carbons (Fsp3) is 0.250. The lowest BCUT2D eigenvalue weighted by Crippen LogP contribution is -2.41. The highest BCUT2D eigenvalue weighted by Gasteiger charge is 2.17. The number of thiazole rings is 1. The number of carbonyl (C=O) groups is 1. The van der Waals surface area contributed by atoms with Crippen LogP contribution < -0.4 is 0 Å². The molecule has 154 valence electrons. The van der Waals surface area contributed by atoms with Crippen LogP contribution in [0, 0.1) is 10.1 Å². The summed E-state index contributed by atoms with van der Waals surface area (Å²) in [7, 11) is 0. The van der Waals surface area contributed by atoms with Crippen molar-refractivity contribution < 1.29 is 14.5 Å². The molecule has 2 aromatic carbocycles. The van der Waals surface area contributed by atoms with Gasteiger partial charge in [0.05, 0.1) is 39.8 Å². The number of ether oxygens (including phenoxy) is 1. The molecule has 4 rings (SSSR count). The molecule has 0 saturated carbocycles. The monoisotopic (exact) mass is 442 g/mol. The Kier molecular flexibility index (Phi) is 6.36. The van der Waals surface area contributed by atoms with Gasteiger partial charge in [-0.05, 0) is 23.8 Å². The Balaban J connectivity index is 1.42. The lowest BCUT2D eigenvalue weighted by atomic mass is 10.2. The number of fused-ring (bicyclic) bond motifs is 1. The summed E-state index contributed by atoms with van der Waals surface area (Å²) in [5.74, 6) is 0.460. The molecule has 0 aliphatic carbocycles. The minimum Gasteiger partial charge on any atom is -0.378 e. The van der Waals surface area contributed by atoms with E-state index in [0.717, 1.165) is 20.2 Å². The highest BCUT2D eigenvalue weighted by atomic mass is 32.2. The molecule has 2 heterocycles. The van der Waals surface area contributed by atoms with Crippen molar-refractivity contribution in [3.05, 3.63) is 58.1 Å². The minimum absolute atomic E-state index is 0.0325. The number of aromatic nitrogens is 1. The van der Waals surface area contributed by atoms with Gasteiger partial charge in [0.25, 0.3) is 5.69 Å². The van der Waals surface area contributed by atoms with Gasteiger partial charge in [-0.1, -0.05) is 23.9 Å². The molecule has 0 bridgehead atoms. The molecule has 3 aromatic rings. The van der Waals surface area contributed by atoms with Gasteiger partial charge in [-0.2, -0.15) is 0 Å². The number of nitro groups is 1. The number of benzene rings is 2. The van der Waals surface area contributed by atoms with E-state index in [1.54, 1.807) is 18.3 Å². The average Bonchev–Trinajstić information content (AvgIpc) is 3.19. The Morgan fingerprint density at radius 3 is 2.93 bits per heavy atom. The summed E-state index contributed by atoms with van der Waals surface area (Å²) in [5.41, 5.74) is 2.28. The van der Waals surface area contributed by atoms with Crippen molar-refractivity contribution in [2.75, 3.05) is 32.1 Å². The Morgan fingerprint density at radius 2 is 2.13 bits per heavy atom. The van der Waals surface area contributed by atoms with Gasteiger partial charge in [0.15, 0.2) is 4.34 Å². The van der Waals surface area contributed by atoms with Gasteiger partial charge in [-0.3, -0.25) is 19.9 Å². The third kappa shape index (κ3) is 5.02. The van der Waals surface area contributed by atoms with Crippen LogP contribution in [-0.4, -0.2) is 59.0 Å². The van der Waals surface area contributed by atoms with E-state index >= 15 is 0 Å². The molecule has 10 heteroatoms. The van der Waals surface area contributed by atoms with Crippen LogP contribution >= 0.6 is 23.1 Å². The fourth-order valence-electron chi connectivity index (χ4n) is 2.93. The van der Waals surface area contributed by atoms with Gasteiger partial charge in [-0.15, -0.1) is 11.3 Å². The van der Waals surface area contributed by atoms with Gasteiger partial charge >= 0.3 is 0 Å². The number of amides is 1. The lowest BCUT2D eigenvalue weighted by Gasteiger charge is -2.26. The number of non-ortho nitro benzene ring substituents is 1. The molecular formula is C20H18N4O4S2. The van der Waals surface area contributed by atoms with Crippen molar-refractivity contribution in [2.45, 2.75) is 4.34 Å². The van der Waals surface area contributed by atoms with E-state index in [1.165, 1.54) is 35.2 Å². The van der Waals surface area contributed by atoms with Gasteiger partial charge in [-0.25, -0.2) is 4.98 Å². The maximum absolute atomic E-state index is 12.3. The minimum atomic E-state index is -0.427. The van der Waals surface area contributed by atoms with Crippen molar-refractivity contribution >= 4 is 56.8 Å². The van der Waals surface area contributed by atoms with E-state index in [4.69, 9.17) is 4.74 Å². The topological polar surface area (TPSA) is 97.9 Å². The van der Waals surface area contributed by atoms with E-state index in [-0.39, 0.29) is 11.6 Å². The molecule has 0 N–H and O–H groups in total. The zero-order valence-corrected chi connectivity index (χ0v) is 17.5. The van der Waals surface area contributed by atoms with E-state index in [1.807, 2.05) is 23.1 Å². The molecule has 1 amide bonds. The highest BCUT2D eigenvalue weighted by Crippen LogP contribution is 2.32. The largest absolute Gasteiger partial charge is 0.378 e. The molecular weight excluding hydrogens is 424 g/mol. The molecule has 0 radical (unpaired) electrons. The molecule has 1 fully saturated rings. The van der Waals surface area contributed by atoms with E-state index in [0.29, 0.717) is 37.6 Å². The summed E-state index contributed by atoms with van der Waals surface area (Å²) in [5, 5.41) is 10.9. The molecule has 0 spiro atoms. The Hall–Kier alpha value is -2.82. The zero-order valence-electron chi connectivity index (χ0n) is 15.9. The maximum Gasteiger partial charge on any atom is 0.270 e. The van der Waals surface area contributed by atoms with Crippen LogP contribution in [0.3, 0.4) is 0 Å². The normalized spacial score (nSPS) is 14.5. The Bertz CT molecular complexity index is 1110. The standard InChI is InChI=1S/C20H18N4O4S2/c25-19(23-6-8-28-9-7-23)13-29-20-22-17-5-4-15(11-18(17)30-20)21-12-14-2-1-3-16(10-14)24(26)27/h1-5,10-12H,6-9,13H2. The van der Waals surface area contributed by atoms with E-state index < -0.39 is 4.92 Å². The molecule has 1 aliphatic heterocycles. The van der Waals surface area contributed by atoms with Crippen LogP contribution in [0.1, 0.15) is 5.56 Å². The lowest BCUT2D eigenvalue weighted by molar-refractivity contribution is -0.384. The Morgan fingerprint density at radius 1 is 1.30 bits per heavy atom. The number of rotatable bonds is 6. The third-order valence-corrected chi connectivity index (χ3v) is 6.62. The summed E-state index contributed by atoms with van der Waals surface area (Å²) in [4.78, 5) is 33.6. The fourth-order valence-corrected chi connectivity index (χ4v) is 4.93. The van der Waals surface area contributed by atoms with Crippen LogP contribution in [-0.2, 0) is 9.53 Å². The number of nitrogens with zero attached hydrogens (tertiary/aromatic N) is 4.